The lowest BCUT2D eigenvalue weighted by Crippen LogP contribution is -2.29. The van der Waals surface area contributed by atoms with E-state index in [-0.39, 0.29) is 11.8 Å². The number of nitrogens with one attached hydrogen (secondary N) is 1. The van der Waals surface area contributed by atoms with Crippen molar-refractivity contribution >= 4 is 23.4 Å². The minimum absolute atomic E-state index is 0.0629. The Hall–Kier alpha value is -2.33. The smallest absolute Gasteiger partial charge is 0.253 e. The Bertz CT molecular complexity index is 761. The third-order valence-corrected chi connectivity index (χ3v) is 4.39. The highest BCUT2D eigenvalue weighted by Gasteiger charge is 2.13. The molecule has 4 nitrogen and oxygen atoms in total. The van der Waals surface area contributed by atoms with Gasteiger partial charge in [-0.15, -0.1) is 0 Å². The molecule has 0 saturated carbocycles. The van der Waals surface area contributed by atoms with E-state index in [4.69, 9.17) is 11.6 Å². The zero-order chi connectivity index (χ0) is 18.9. The molecule has 0 spiro atoms. The summed E-state index contributed by atoms with van der Waals surface area (Å²) in [6, 6.07) is 14.4. The van der Waals surface area contributed by atoms with Crippen molar-refractivity contribution in [2.75, 3.05) is 20.1 Å². The van der Waals surface area contributed by atoms with E-state index in [1.54, 1.807) is 36.2 Å². The van der Waals surface area contributed by atoms with Gasteiger partial charge in [0.25, 0.3) is 11.8 Å². The minimum atomic E-state index is -0.183. The van der Waals surface area contributed by atoms with Crippen molar-refractivity contribution in [1.29, 1.82) is 0 Å². The first-order valence-corrected chi connectivity index (χ1v) is 9.27. The molecule has 2 rings (SSSR count). The largest absolute Gasteiger partial charge is 0.352 e. The fraction of sp³-hybridized carbons (Fsp3) is 0.333. The van der Waals surface area contributed by atoms with Gasteiger partial charge < -0.3 is 10.2 Å². The standard InChI is InChI=1S/C21H25ClN2O2/c1-3-4-13-24(2)21(26)18-9-6-8-17(15-18)20(25)23-12-11-16-7-5-10-19(22)14-16/h5-10,14-15H,3-4,11-13H2,1-2H3,(H,23,25). The molecule has 2 aromatic carbocycles. The van der Waals surface area contributed by atoms with Crippen LogP contribution in [-0.4, -0.2) is 36.9 Å². The number of benzene rings is 2. The van der Waals surface area contributed by atoms with E-state index >= 15 is 0 Å². The highest BCUT2D eigenvalue weighted by Crippen LogP contribution is 2.11. The maximum Gasteiger partial charge on any atom is 0.253 e. The van der Waals surface area contributed by atoms with Gasteiger partial charge in [0, 0.05) is 36.3 Å². The van der Waals surface area contributed by atoms with Crippen LogP contribution in [0, 0.1) is 0 Å². The summed E-state index contributed by atoms with van der Waals surface area (Å²) in [5, 5.41) is 3.58. The maximum absolute atomic E-state index is 12.4. The normalized spacial score (nSPS) is 10.4. The molecule has 0 aliphatic rings. The summed E-state index contributed by atoms with van der Waals surface area (Å²) in [7, 11) is 1.79. The summed E-state index contributed by atoms with van der Waals surface area (Å²) in [5.41, 5.74) is 2.09. The molecule has 0 unspecified atom stereocenters. The first kappa shape index (κ1) is 20.0. The predicted molar refractivity (Wildman–Crippen MR) is 106 cm³/mol. The quantitative estimate of drug-likeness (QED) is 0.755. The van der Waals surface area contributed by atoms with Crippen molar-refractivity contribution in [2.24, 2.45) is 0 Å². The maximum atomic E-state index is 12.4. The second-order valence-corrected chi connectivity index (χ2v) is 6.73. The van der Waals surface area contributed by atoms with E-state index in [1.807, 2.05) is 24.3 Å². The second kappa shape index (κ2) is 9.97. The number of rotatable bonds is 8. The zero-order valence-corrected chi connectivity index (χ0v) is 16.1. The van der Waals surface area contributed by atoms with Crippen molar-refractivity contribution < 1.29 is 9.59 Å². The molecule has 5 heteroatoms. The fourth-order valence-corrected chi connectivity index (χ4v) is 2.84. The monoisotopic (exact) mass is 372 g/mol. The van der Waals surface area contributed by atoms with Crippen molar-refractivity contribution in [1.82, 2.24) is 10.2 Å². The van der Waals surface area contributed by atoms with Gasteiger partial charge >= 0.3 is 0 Å². The van der Waals surface area contributed by atoms with Crippen molar-refractivity contribution in [3.8, 4) is 0 Å². The SMILES string of the molecule is CCCCN(C)C(=O)c1cccc(C(=O)NCCc2cccc(Cl)c2)c1. The molecule has 0 atom stereocenters. The van der Waals surface area contributed by atoms with Crippen molar-refractivity contribution in [2.45, 2.75) is 26.2 Å². The molecular weight excluding hydrogens is 348 g/mol. The van der Waals surface area contributed by atoms with Crippen LogP contribution in [0.4, 0.5) is 0 Å². The highest BCUT2D eigenvalue weighted by molar-refractivity contribution is 6.30. The Morgan fingerprint density at radius 3 is 2.54 bits per heavy atom. The van der Waals surface area contributed by atoms with E-state index in [1.165, 1.54) is 0 Å². The van der Waals surface area contributed by atoms with Crippen LogP contribution in [0.1, 0.15) is 46.0 Å². The average molecular weight is 373 g/mol. The summed E-state index contributed by atoms with van der Waals surface area (Å²) in [6.07, 6.45) is 2.70. The molecule has 138 valence electrons. The molecule has 26 heavy (non-hydrogen) atoms. The molecule has 0 saturated heterocycles. The van der Waals surface area contributed by atoms with Crippen LogP contribution in [0.25, 0.3) is 0 Å². The molecule has 1 N–H and O–H groups in total. The van der Waals surface area contributed by atoms with Crippen molar-refractivity contribution in [3.05, 3.63) is 70.2 Å². The predicted octanol–water partition coefficient (Wildman–Crippen LogP) is 4.18. The van der Waals surface area contributed by atoms with Crippen LogP contribution >= 0.6 is 11.6 Å². The second-order valence-electron chi connectivity index (χ2n) is 6.30. The van der Waals surface area contributed by atoms with Gasteiger partial charge in [0.1, 0.15) is 0 Å². The average Bonchev–Trinajstić information content (AvgIpc) is 2.65. The lowest BCUT2D eigenvalue weighted by atomic mass is 10.1. The summed E-state index contributed by atoms with van der Waals surface area (Å²) in [5.74, 6) is -0.245. The van der Waals surface area contributed by atoms with Crippen LogP contribution in [0.3, 0.4) is 0 Å². The Morgan fingerprint density at radius 2 is 1.81 bits per heavy atom. The van der Waals surface area contributed by atoms with Gasteiger partial charge in [-0.05, 0) is 48.7 Å². The summed E-state index contributed by atoms with van der Waals surface area (Å²) in [6.45, 7) is 3.31. The van der Waals surface area contributed by atoms with Crippen LogP contribution < -0.4 is 5.32 Å². The van der Waals surface area contributed by atoms with E-state index in [0.29, 0.717) is 35.7 Å². The van der Waals surface area contributed by atoms with Gasteiger partial charge in [0.2, 0.25) is 0 Å². The number of carbonyl (C=O) groups is 2. The minimum Gasteiger partial charge on any atom is -0.352 e. The molecule has 0 heterocycles. The molecule has 0 radical (unpaired) electrons. The Balaban J connectivity index is 1.93. The Kier molecular flexibility index (Phi) is 7.67. The molecule has 0 aliphatic carbocycles. The number of carbonyl (C=O) groups excluding carboxylic acids is 2. The van der Waals surface area contributed by atoms with E-state index in [0.717, 1.165) is 18.4 Å². The number of hydrogen-bond donors (Lipinski definition) is 1. The molecule has 0 aliphatic heterocycles. The van der Waals surface area contributed by atoms with Crippen LogP contribution in [0.15, 0.2) is 48.5 Å². The molecular formula is C21H25ClN2O2. The Labute approximate surface area is 160 Å². The lowest BCUT2D eigenvalue weighted by molar-refractivity contribution is 0.0793. The van der Waals surface area contributed by atoms with E-state index in [2.05, 4.69) is 12.2 Å². The molecule has 0 aromatic heterocycles. The number of halogens is 1. The van der Waals surface area contributed by atoms with Crippen molar-refractivity contribution in [3.63, 3.8) is 0 Å². The molecule has 2 amide bonds. The first-order chi connectivity index (χ1) is 12.5. The third kappa shape index (κ3) is 5.88. The van der Waals surface area contributed by atoms with Gasteiger partial charge in [-0.3, -0.25) is 9.59 Å². The molecule has 0 fully saturated rings. The van der Waals surface area contributed by atoms with Gasteiger partial charge in [0.05, 0.1) is 0 Å². The topological polar surface area (TPSA) is 49.4 Å². The summed E-state index contributed by atoms with van der Waals surface area (Å²) >= 11 is 5.96. The van der Waals surface area contributed by atoms with E-state index < -0.39 is 0 Å². The summed E-state index contributed by atoms with van der Waals surface area (Å²) in [4.78, 5) is 26.5. The van der Waals surface area contributed by atoms with Gasteiger partial charge in [-0.25, -0.2) is 0 Å². The fourth-order valence-electron chi connectivity index (χ4n) is 2.63. The first-order valence-electron chi connectivity index (χ1n) is 8.89. The zero-order valence-electron chi connectivity index (χ0n) is 15.3. The number of hydrogen-bond acceptors (Lipinski definition) is 2. The van der Waals surface area contributed by atoms with Gasteiger partial charge in [-0.1, -0.05) is 43.1 Å². The van der Waals surface area contributed by atoms with Gasteiger partial charge in [0.15, 0.2) is 0 Å². The molecule has 0 bridgehead atoms. The molecule has 2 aromatic rings. The van der Waals surface area contributed by atoms with Crippen LogP contribution in [-0.2, 0) is 6.42 Å². The number of nitrogens with zero attached hydrogens (tertiary/aromatic N) is 1. The highest BCUT2D eigenvalue weighted by atomic mass is 35.5. The Morgan fingerprint density at radius 1 is 1.08 bits per heavy atom. The third-order valence-electron chi connectivity index (χ3n) is 4.15. The number of unbranched alkanes of at least 4 members (excludes halogenated alkanes) is 1. The van der Waals surface area contributed by atoms with E-state index in [9.17, 15) is 9.59 Å². The lowest BCUT2D eigenvalue weighted by Gasteiger charge is -2.17. The summed E-state index contributed by atoms with van der Waals surface area (Å²) < 4.78 is 0. The van der Waals surface area contributed by atoms with Crippen LogP contribution in [0.5, 0.6) is 0 Å². The van der Waals surface area contributed by atoms with Crippen LogP contribution in [0.2, 0.25) is 5.02 Å². The van der Waals surface area contributed by atoms with Gasteiger partial charge in [-0.2, -0.15) is 0 Å². The number of amides is 2.